The van der Waals surface area contributed by atoms with Gasteiger partial charge in [0.25, 0.3) is 0 Å². The summed E-state index contributed by atoms with van der Waals surface area (Å²) < 4.78 is 5.81. The van der Waals surface area contributed by atoms with Crippen molar-refractivity contribution in [1.82, 2.24) is 0 Å². The minimum Gasteiger partial charge on any atom is -0.478 e. The monoisotopic (exact) mass is 363 g/mol. The Balaban J connectivity index is 2.11. The number of hydrogen-bond donors (Lipinski definition) is 2. The lowest BCUT2D eigenvalue weighted by molar-refractivity contribution is 0.0698. The molecule has 0 atom stereocenters. The van der Waals surface area contributed by atoms with Crippen molar-refractivity contribution in [3.8, 4) is 0 Å². The zero-order valence-corrected chi connectivity index (χ0v) is 13.4. The summed E-state index contributed by atoms with van der Waals surface area (Å²) in [6.07, 6.45) is -0.701. The van der Waals surface area contributed by atoms with E-state index in [2.05, 4.69) is 21.2 Å². The van der Waals surface area contributed by atoms with E-state index in [1.165, 1.54) is 6.07 Å². The van der Waals surface area contributed by atoms with Gasteiger partial charge in [0.2, 0.25) is 0 Å². The molecule has 6 heteroatoms. The van der Waals surface area contributed by atoms with Crippen molar-refractivity contribution in [2.75, 3.05) is 5.32 Å². The van der Waals surface area contributed by atoms with E-state index in [9.17, 15) is 14.7 Å². The predicted molar refractivity (Wildman–Crippen MR) is 86.1 cm³/mol. The van der Waals surface area contributed by atoms with E-state index >= 15 is 0 Å². The fraction of sp³-hybridized carbons (Fsp3) is 0.125. The first kappa shape index (κ1) is 16.0. The number of carbonyl (C=O) groups is 2. The lowest BCUT2D eigenvalue weighted by Gasteiger charge is -2.13. The second-order valence-corrected chi connectivity index (χ2v) is 5.44. The highest BCUT2D eigenvalue weighted by Gasteiger charge is 2.17. The number of hydrogen-bond acceptors (Lipinski definition) is 3. The van der Waals surface area contributed by atoms with Gasteiger partial charge in [0.1, 0.15) is 6.61 Å². The Morgan fingerprint density at radius 2 is 1.86 bits per heavy atom. The van der Waals surface area contributed by atoms with E-state index < -0.39 is 12.1 Å². The average molecular weight is 364 g/mol. The fourth-order valence-corrected chi connectivity index (χ4v) is 2.22. The van der Waals surface area contributed by atoms with Crippen LogP contribution in [0.1, 0.15) is 21.5 Å². The molecule has 0 unspecified atom stereocenters. The minimum absolute atomic E-state index is 0.0114. The Bertz CT molecular complexity index is 701. The van der Waals surface area contributed by atoms with Crippen LogP contribution in [0, 0.1) is 6.92 Å². The van der Waals surface area contributed by atoms with Crippen molar-refractivity contribution < 1.29 is 19.4 Å². The van der Waals surface area contributed by atoms with E-state index in [4.69, 9.17) is 4.74 Å². The first-order chi connectivity index (χ1) is 10.5. The summed E-state index contributed by atoms with van der Waals surface area (Å²) in [7, 11) is 0. The van der Waals surface area contributed by atoms with Gasteiger partial charge < -0.3 is 9.84 Å². The number of carboxylic acids is 1. The Kier molecular flexibility index (Phi) is 5.16. The molecule has 0 heterocycles. The maximum atomic E-state index is 11.9. The standard InChI is InChI=1S/C16H14BrNO4/c1-10-13(17)8-7-12(15(19)20)14(10)18-16(21)22-9-11-5-3-2-4-6-11/h2-8H,9H2,1H3,(H,18,21)(H,19,20). The molecule has 5 nitrogen and oxygen atoms in total. The number of benzene rings is 2. The van der Waals surface area contributed by atoms with Crippen LogP contribution in [0.2, 0.25) is 0 Å². The van der Waals surface area contributed by atoms with Crippen molar-refractivity contribution in [1.29, 1.82) is 0 Å². The average Bonchev–Trinajstić information content (AvgIpc) is 2.50. The van der Waals surface area contributed by atoms with Gasteiger partial charge in [-0.15, -0.1) is 0 Å². The van der Waals surface area contributed by atoms with Crippen molar-refractivity contribution in [3.05, 3.63) is 63.6 Å². The Hall–Kier alpha value is -2.34. The molecule has 0 spiro atoms. The van der Waals surface area contributed by atoms with Gasteiger partial charge in [0.15, 0.2) is 0 Å². The molecule has 0 bridgehead atoms. The first-order valence-electron chi connectivity index (χ1n) is 6.49. The molecule has 2 aromatic carbocycles. The van der Waals surface area contributed by atoms with Crippen LogP contribution >= 0.6 is 15.9 Å². The molecule has 2 aromatic rings. The normalized spacial score (nSPS) is 10.1. The van der Waals surface area contributed by atoms with E-state index in [-0.39, 0.29) is 17.9 Å². The maximum Gasteiger partial charge on any atom is 0.411 e. The molecule has 0 fully saturated rings. The number of amides is 1. The topological polar surface area (TPSA) is 75.6 Å². The van der Waals surface area contributed by atoms with E-state index in [0.717, 1.165) is 5.56 Å². The lowest BCUT2D eigenvalue weighted by atomic mass is 10.1. The summed E-state index contributed by atoms with van der Waals surface area (Å²) in [5.74, 6) is -1.12. The number of carbonyl (C=O) groups excluding carboxylic acids is 1. The highest BCUT2D eigenvalue weighted by Crippen LogP contribution is 2.28. The van der Waals surface area contributed by atoms with Gasteiger partial charge in [-0.25, -0.2) is 9.59 Å². The molecule has 0 radical (unpaired) electrons. The molecule has 0 aliphatic carbocycles. The highest BCUT2D eigenvalue weighted by molar-refractivity contribution is 9.10. The Labute approximate surface area is 136 Å². The molecular formula is C16H14BrNO4. The molecular weight excluding hydrogens is 350 g/mol. The predicted octanol–water partition coefficient (Wildman–Crippen LogP) is 4.20. The molecule has 0 aliphatic heterocycles. The number of aromatic carboxylic acids is 1. The van der Waals surface area contributed by atoms with Crippen LogP contribution in [0.15, 0.2) is 46.9 Å². The maximum absolute atomic E-state index is 11.9. The van der Waals surface area contributed by atoms with E-state index in [0.29, 0.717) is 10.0 Å². The number of rotatable bonds is 4. The summed E-state index contributed by atoms with van der Waals surface area (Å²) in [5, 5.41) is 11.7. The Morgan fingerprint density at radius 1 is 1.18 bits per heavy atom. The molecule has 0 saturated carbocycles. The second kappa shape index (κ2) is 7.09. The largest absolute Gasteiger partial charge is 0.478 e. The number of halogens is 1. The molecule has 2 rings (SSSR count). The summed E-state index contributed by atoms with van der Waals surface area (Å²) >= 11 is 3.31. The highest BCUT2D eigenvalue weighted by atomic mass is 79.9. The van der Waals surface area contributed by atoms with E-state index in [1.807, 2.05) is 30.3 Å². The third-order valence-corrected chi connectivity index (χ3v) is 3.93. The number of anilines is 1. The summed E-state index contributed by atoms with van der Waals surface area (Å²) in [5.41, 5.74) is 1.70. The summed E-state index contributed by atoms with van der Waals surface area (Å²) in [6.45, 7) is 1.82. The van der Waals surface area contributed by atoms with Crippen LogP contribution in [0.5, 0.6) is 0 Å². The smallest absolute Gasteiger partial charge is 0.411 e. The second-order valence-electron chi connectivity index (χ2n) is 4.59. The van der Waals surface area contributed by atoms with Gasteiger partial charge in [-0.3, -0.25) is 5.32 Å². The van der Waals surface area contributed by atoms with Gasteiger partial charge in [-0.1, -0.05) is 46.3 Å². The van der Waals surface area contributed by atoms with Gasteiger partial charge in [-0.05, 0) is 30.2 Å². The van der Waals surface area contributed by atoms with Crippen LogP contribution in [0.4, 0.5) is 10.5 Å². The number of nitrogens with one attached hydrogen (secondary N) is 1. The quantitative estimate of drug-likeness (QED) is 0.853. The molecule has 2 N–H and O–H groups in total. The van der Waals surface area contributed by atoms with Crippen LogP contribution in [0.25, 0.3) is 0 Å². The lowest BCUT2D eigenvalue weighted by Crippen LogP contribution is -2.17. The zero-order valence-electron chi connectivity index (χ0n) is 11.8. The van der Waals surface area contributed by atoms with Gasteiger partial charge >= 0.3 is 12.1 Å². The molecule has 114 valence electrons. The number of carboxylic acid groups (broad SMARTS) is 1. The van der Waals surface area contributed by atoms with Crippen molar-refractivity contribution >= 4 is 33.7 Å². The van der Waals surface area contributed by atoms with Gasteiger partial charge in [-0.2, -0.15) is 0 Å². The molecule has 22 heavy (non-hydrogen) atoms. The van der Waals surface area contributed by atoms with Gasteiger partial charge in [0.05, 0.1) is 11.3 Å². The van der Waals surface area contributed by atoms with Crippen molar-refractivity contribution in [2.24, 2.45) is 0 Å². The third-order valence-electron chi connectivity index (χ3n) is 3.07. The van der Waals surface area contributed by atoms with Crippen LogP contribution in [-0.4, -0.2) is 17.2 Å². The van der Waals surface area contributed by atoms with Crippen molar-refractivity contribution in [2.45, 2.75) is 13.5 Å². The van der Waals surface area contributed by atoms with Crippen LogP contribution in [-0.2, 0) is 11.3 Å². The third kappa shape index (κ3) is 3.85. The Morgan fingerprint density at radius 3 is 2.50 bits per heavy atom. The minimum atomic E-state index is -1.12. The molecule has 0 aromatic heterocycles. The van der Waals surface area contributed by atoms with Crippen LogP contribution < -0.4 is 5.32 Å². The molecule has 0 saturated heterocycles. The molecule has 0 aliphatic rings. The first-order valence-corrected chi connectivity index (χ1v) is 7.28. The number of ether oxygens (including phenoxy) is 1. The van der Waals surface area contributed by atoms with Gasteiger partial charge in [0, 0.05) is 4.47 Å². The summed E-state index contributed by atoms with van der Waals surface area (Å²) in [4.78, 5) is 23.1. The van der Waals surface area contributed by atoms with Crippen LogP contribution in [0.3, 0.4) is 0 Å². The molecule has 1 amide bonds. The fourth-order valence-electron chi connectivity index (χ4n) is 1.89. The zero-order chi connectivity index (χ0) is 16.1. The van der Waals surface area contributed by atoms with Crippen molar-refractivity contribution in [3.63, 3.8) is 0 Å². The SMILES string of the molecule is Cc1c(Br)ccc(C(=O)O)c1NC(=O)OCc1ccccc1. The van der Waals surface area contributed by atoms with E-state index in [1.54, 1.807) is 13.0 Å². The summed E-state index contributed by atoms with van der Waals surface area (Å²) in [6, 6.07) is 12.3.